The standard InChI is InChI=1S/C15H20O3/c1-14(2)10-6-7-15(3,9-10)13(14)18-12(16)11-5-4-8-17-11/h4-5,8,10,13H,6-7,9H2,1-3H3. The van der Waals surface area contributed by atoms with E-state index in [4.69, 9.17) is 9.15 Å². The van der Waals surface area contributed by atoms with E-state index in [-0.39, 0.29) is 22.9 Å². The predicted molar refractivity (Wildman–Crippen MR) is 67.1 cm³/mol. The largest absolute Gasteiger partial charge is 0.457 e. The maximum absolute atomic E-state index is 12.1. The maximum atomic E-state index is 12.1. The molecule has 0 spiro atoms. The average molecular weight is 248 g/mol. The van der Waals surface area contributed by atoms with Crippen LogP contribution in [0.15, 0.2) is 22.8 Å². The fourth-order valence-electron chi connectivity index (χ4n) is 4.11. The Morgan fingerprint density at radius 2 is 2.22 bits per heavy atom. The molecule has 0 aliphatic heterocycles. The summed E-state index contributed by atoms with van der Waals surface area (Å²) in [6.45, 7) is 6.70. The molecule has 0 aromatic carbocycles. The van der Waals surface area contributed by atoms with Gasteiger partial charge in [0.1, 0.15) is 6.10 Å². The lowest BCUT2D eigenvalue weighted by atomic mass is 9.70. The Hall–Kier alpha value is -1.25. The summed E-state index contributed by atoms with van der Waals surface area (Å²) in [6.07, 6.45) is 5.11. The van der Waals surface area contributed by atoms with Gasteiger partial charge in [0.05, 0.1) is 6.26 Å². The second-order valence-electron chi connectivity index (χ2n) is 6.68. The van der Waals surface area contributed by atoms with Gasteiger partial charge in [-0.1, -0.05) is 20.8 Å². The maximum Gasteiger partial charge on any atom is 0.374 e. The number of carbonyl (C=O) groups is 1. The summed E-state index contributed by atoms with van der Waals surface area (Å²) < 4.78 is 10.9. The average Bonchev–Trinajstić information content (AvgIpc) is 2.96. The highest BCUT2D eigenvalue weighted by Crippen LogP contribution is 2.63. The lowest BCUT2D eigenvalue weighted by Crippen LogP contribution is -2.43. The van der Waals surface area contributed by atoms with Gasteiger partial charge >= 0.3 is 5.97 Å². The van der Waals surface area contributed by atoms with Crippen LogP contribution in [-0.2, 0) is 4.74 Å². The van der Waals surface area contributed by atoms with Crippen molar-refractivity contribution in [1.29, 1.82) is 0 Å². The fourth-order valence-corrected chi connectivity index (χ4v) is 4.11. The van der Waals surface area contributed by atoms with Gasteiger partial charge in [0, 0.05) is 10.8 Å². The highest BCUT2D eigenvalue weighted by Gasteiger charge is 2.61. The van der Waals surface area contributed by atoms with Crippen LogP contribution in [0.5, 0.6) is 0 Å². The molecule has 0 N–H and O–H groups in total. The Bertz CT molecular complexity index is 455. The number of carbonyl (C=O) groups excluding carboxylic acids is 1. The van der Waals surface area contributed by atoms with Crippen molar-refractivity contribution in [2.24, 2.45) is 16.7 Å². The van der Waals surface area contributed by atoms with Crippen molar-refractivity contribution in [1.82, 2.24) is 0 Å². The molecule has 3 nitrogen and oxygen atoms in total. The number of furan rings is 1. The van der Waals surface area contributed by atoms with Gasteiger partial charge in [0.15, 0.2) is 0 Å². The molecular formula is C15H20O3. The van der Waals surface area contributed by atoms with Gasteiger partial charge in [-0.25, -0.2) is 4.79 Å². The molecule has 3 atom stereocenters. The molecule has 3 unspecified atom stereocenters. The molecule has 98 valence electrons. The molecule has 2 fully saturated rings. The van der Waals surface area contributed by atoms with Gasteiger partial charge in [-0.05, 0) is 37.3 Å². The van der Waals surface area contributed by atoms with E-state index in [1.54, 1.807) is 12.1 Å². The second-order valence-corrected chi connectivity index (χ2v) is 6.68. The predicted octanol–water partition coefficient (Wildman–Crippen LogP) is 3.65. The van der Waals surface area contributed by atoms with Crippen molar-refractivity contribution in [2.45, 2.75) is 46.1 Å². The van der Waals surface area contributed by atoms with E-state index in [1.807, 2.05) is 0 Å². The highest BCUT2D eigenvalue weighted by molar-refractivity contribution is 5.86. The minimum absolute atomic E-state index is 0.00125. The van der Waals surface area contributed by atoms with Crippen LogP contribution in [0.4, 0.5) is 0 Å². The zero-order valence-corrected chi connectivity index (χ0v) is 11.2. The third-order valence-corrected chi connectivity index (χ3v) is 5.08. The molecule has 3 rings (SSSR count). The van der Waals surface area contributed by atoms with Crippen LogP contribution in [0.25, 0.3) is 0 Å². The van der Waals surface area contributed by atoms with Crippen LogP contribution in [0.3, 0.4) is 0 Å². The van der Waals surface area contributed by atoms with Crippen molar-refractivity contribution >= 4 is 5.97 Å². The molecule has 1 aromatic rings. The number of hydrogen-bond donors (Lipinski definition) is 0. The summed E-state index contributed by atoms with van der Waals surface area (Å²) in [5.74, 6) is 0.654. The van der Waals surface area contributed by atoms with Crippen molar-refractivity contribution in [3.63, 3.8) is 0 Å². The number of esters is 1. The zero-order chi connectivity index (χ0) is 13.0. The Morgan fingerprint density at radius 3 is 2.78 bits per heavy atom. The van der Waals surface area contributed by atoms with E-state index in [0.717, 1.165) is 6.42 Å². The number of ether oxygens (including phenoxy) is 1. The van der Waals surface area contributed by atoms with Crippen molar-refractivity contribution in [2.75, 3.05) is 0 Å². The first-order chi connectivity index (χ1) is 8.43. The summed E-state index contributed by atoms with van der Waals surface area (Å²) in [4.78, 5) is 12.1. The van der Waals surface area contributed by atoms with Gasteiger partial charge < -0.3 is 9.15 Å². The van der Waals surface area contributed by atoms with Gasteiger partial charge in [0.2, 0.25) is 5.76 Å². The molecule has 3 heteroatoms. The Morgan fingerprint density at radius 1 is 1.44 bits per heavy atom. The van der Waals surface area contributed by atoms with Crippen LogP contribution in [-0.4, -0.2) is 12.1 Å². The highest BCUT2D eigenvalue weighted by atomic mass is 16.6. The van der Waals surface area contributed by atoms with Crippen LogP contribution in [0.2, 0.25) is 0 Å². The van der Waals surface area contributed by atoms with Crippen molar-refractivity contribution in [3.05, 3.63) is 24.2 Å². The summed E-state index contributed by atoms with van der Waals surface area (Å²) in [6, 6.07) is 3.37. The SMILES string of the molecule is CC12CCC(C1)C(C)(C)C2OC(=O)c1ccco1. The molecule has 2 aliphatic rings. The molecule has 2 aliphatic carbocycles. The van der Waals surface area contributed by atoms with E-state index in [0.29, 0.717) is 11.7 Å². The number of rotatable bonds is 2. The van der Waals surface area contributed by atoms with E-state index in [2.05, 4.69) is 20.8 Å². The summed E-state index contributed by atoms with van der Waals surface area (Å²) in [5.41, 5.74) is 0.228. The summed E-state index contributed by atoms with van der Waals surface area (Å²) in [5, 5.41) is 0. The monoisotopic (exact) mass is 248 g/mol. The zero-order valence-electron chi connectivity index (χ0n) is 11.2. The molecule has 0 saturated heterocycles. The minimum Gasteiger partial charge on any atom is -0.457 e. The van der Waals surface area contributed by atoms with Crippen LogP contribution < -0.4 is 0 Å². The molecule has 2 saturated carbocycles. The topological polar surface area (TPSA) is 39.4 Å². The Kier molecular flexibility index (Phi) is 2.38. The third kappa shape index (κ3) is 1.53. The molecule has 0 amide bonds. The number of fused-ring (bicyclic) bond motifs is 2. The van der Waals surface area contributed by atoms with Crippen LogP contribution in [0, 0.1) is 16.7 Å². The first-order valence-electron chi connectivity index (χ1n) is 6.68. The second kappa shape index (κ2) is 3.62. The summed E-state index contributed by atoms with van der Waals surface area (Å²) in [7, 11) is 0. The minimum atomic E-state index is -0.327. The van der Waals surface area contributed by atoms with Crippen LogP contribution >= 0.6 is 0 Å². The molecule has 0 radical (unpaired) electrons. The molecule has 18 heavy (non-hydrogen) atoms. The first kappa shape index (κ1) is 11.8. The van der Waals surface area contributed by atoms with Gasteiger partial charge in [0.25, 0.3) is 0 Å². The van der Waals surface area contributed by atoms with Gasteiger partial charge in [-0.2, -0.15) is 0 Å². The number of hydrogen-bond acceptors (Lipinski definition) is 3. The van der Waals surface area contributed by atoms with Gasteiger partial charge in [-0.15, -0.1) is 0 Å². The van der Waals surface area contributed by atoms with Crippen molar-refractivity contribution in [3.8, 4) is 0 Å². The quantitative estimate of drug-likeness (QED) is 0.750. The molecule has 1 aromatic heterocycles. The van der Waals surface area contributed by atoms with E-state index < -0.39 is 0 Å². The Balaban J connectivity index is 1.82. The molecule has 2 bridgehead atoms. The lowest BCUT2D eigenvalue weighted by molar-refractivity contribution is -0.0602. The van der Waals surface area contributed by atoms with E-state index in [1.165, 1.54) is 19.1 Å². The van der Waals surface area contributed by atoms with E-state index in [9.17, 15) is 4.79 Å². The molecule has 1 heterocycles. The molecular weight excluding hydrogens is 228 g/mol. The van der Waals surface area contributed by atoms with Crippen LogP contribution in [0.1, 0.15) is 50.6 Å². The first-order valence-corrected chi connectivity index (χ1v) is 6.68. The van der Waals surface area contributed by atoms with E-state index >= 15 is 0 Å². The summed E-state index contributed by atoms with van der Waals surface area (Å²) >= 11 is 0. The smallest absolute Gasteiger partial charge is 0.374 e. The van der Waals surface area contributed by atoms with Crippen molar-refractivity contribution < 1.29 is 13.9 Å². The third-order valence-electron chi connectivity index (χ3n) is 5.08. The fraction of sp³-hybridized carbons (Fsp3) is 0.667. The van der Waals surface area contributed by atoms with Gasteiger partial charge in [-0.3, -0.25) is 0 Å². The normalized spacial score (nSPS) is 36.8. The Labute approximate surface area is 108 Å². The lowest BCUT2D eigenvalue weighted by Gasteiger charge is -2.41.